The Morgan fingerprint density at radius 2 is 1.11 bits per heavy atom. The van der Waals surface area contributed by atoms with Crippen LogP contribution in [0, 0.1) is 6.92 Å². The SMILES string of the molecule is COCc1ccc(CNC(=O)Nc2ccc(C)c(NC(=O)NCc3ccc(COC)cc3)c2)cc1. The fourth-order valence-electron chi connectivity index (χ4n) is 3.38. The first-order chi connectivity index (χ1) is 17.0. The van der Waals surface area contributed by atoms with Gasteiger partial charge in [0.15, 0.2) is 0 Å². The summed E-state index contributed by atoms with van der Waals surface area (Å²) in [5, 5.41) is 11.3. The van der Waals surface area contributed by atoms with Crippen LogP contribution in [0.1, 0.15) is 27.8 Å². The van der Waals surface area contributed by atoms with E-state index in [9.17, 15) is 9.59 Å². The smallest absolute Gasteiger partial charge is 0.319 e. The van der Waals surface area contributed by atoms with Crippen molar-refractivity contribution < 1.29 is 19.1 Å². The molecule has 0 unspecified atom stereocenters. The number of carbonyl (C=O) groups excluding carboxylic acids is 2. The average Bonchev–Trinajstić information content (AvgIpc) is 2.86. The van der Waals surface area contributed by atoms with E-state index in [1.54, 1.807) is 26.4 Å². The molecule has 0 atom stereocenters. The zero-order chi connectivity index (χ0) is 25.0. The van der Waals surface area contributed by atoms with Gasteiger partial charge in [-0.25, -0.2) is 9.59 Å². The lowest BCUT2D eigenvalue weighted by Gasteiger charge is -2.13. The first-order valence-corrected chi connectivity index (χ1v) is 11.3. The quantitative estimate of drug-likeness (QED) is 0.333. The number of aryl methyl sites for hydroxylation is 1. The summed E-state index contributed by atoms with van der Waals surface area (Å²) in [6.45, 7) is 3.78. The van der Waals surface area contributed by atoms with Crippen LogP contribution in [0.3, 0.4) is 0 Å². The van der Waals surface area contributed by atoms with Gasteiger partial charge in [0.2, 0.25) is 0 Å². The number of carbonyl (C=O) groups is 2. The number of hydrogen-bond acceptors (Lipinski definition) is 4. The van der Waals surface area contributed by atoms with Crippen LogP contribution in [0.2, 0.25) is 0 Å². The lowest BCUT2D eigenvalue weighted by molar-refractivity contribution is 0.185. The molecule has 8 heteroatoms. The minimum Gasteiger partial charge on any atom is -0.380 e. The van der Waals surface area contributed by atoms with E-state index >= 15 is 0 Å². The van der Waals surface area contributed by atoms with Gasteiger partial charge in [-0.2, -0.15) is 0 Å². The summed E-state index contributed by atoms with van der Waals surface area (Å²) in [4.78, 5) is 24.8. The molecule has 4 amide bonds. The van der Waals surface area contributed by atoms with E-state index in [-0.39, 0.29) is 12.1 Å². The Balaban J connectivity index is 1.49. The second-order valence-electron chi connectivity index (χ2n) is 8.14. The molecule has 8 nitrogen and oxygen atoms in total. The van der Waals surface area contributed by atoms with Gasteiger partial charge in [-0.05, 0) is 46.9 Å². The number of anilines is 2. The molecule has 0 heterocycles. The normalized spacial score (nSPS) is 10.5. The number of nitrogens with one attached hydrogen (secondary N) is 4. The van der Waals surface area contributed by atoms with Crippen LogP contribution in [-0.4, -0.2) is 26.3 Å². The summed E-state index contributed by atoms with van der Waals surface area (Å²) in [6, 6.07) is 20.4. The van der Waals surface area contributed by atoms with Gasteiger partial charge in [-0.3, -0.25) is 0 Å². The number of amides is 4. The fourth-order valence-corrected chi connectivity index (χ4v) is 3.38. The summed E-state index contributed by atoms with van der Waals surface area (Å²) in [5.41, 5.74) is 6.19. The summed E-state index contributed by atoms with van der Waals surface area (Å²) in [6.07, 6.45) is 0. The van der Waals surface area contributed by atoms with Gasteiger partial charge in [0.05, 0.1) is 13.2 Å². The maximum Gasteiger partial charge on any atom is 0.319 e. The molecule has 0 bridgehead atoms. The maximum atomic E-state index is 12.4. The molecular weight excluding hydrogens is 444 g/mol. The third-order valence-electron chi connectivity index (χ3n) is 5.32. The van der Waals surface area contributed by atoms with E-state index in [1.807, 2.05) is 61.5 Å². The number of methoxy groups -OCH3 is 2. The summed E-state index contributed by atoms with van der Waals surface area (Å²) < 4.78 is 10.2. The highest BCUT2D eigenvalue weighted by molar-refractivity contribution is 5.93. The summed E-state index contributed by atoms with van der Waals surface area (Å²) >= 11 is 0. The van der Waals surface area contributed by atoms with Crippen LogP contribution in [0.4, 0.5) is 21.0 Å². The van der Waals surface area contributed by atoms with Crippen LogP contribution < -0.4 is 21.3 Å². The summed E-state index contributed by atoms with van der Waals surface area (Å²) in [7, 11) is 3.31. The molecule has 35 heavy (non-hydrogen) atoms. The molecule has 3 aromatic rings. The molecule has 0 saturated heterocycles. The van der Waals surface area contributed by atoms with Crippen LogP contribution >= 0.6 is 0 Å². The topological polar surface area (TPSA) is 101 Å². The monoisotopic (exact) mass is 476 g/mol. The van der Waals surface area contributed by atoms with Crippen molar-refractivity contribution in [2.45, 2.75) is 33.2 Å². The number of hydrogen-bond donors (Lipinski definition) is 4. The second-order valence-corrected chi connectivity index (χ2v) is 8.14. The van der Waals surface area contributed by atoms with Gasteiger partial charge < -0.3 is 30.7 Å². The molecule has 0 radical (unpaired) electrons. The maximum absolute atomic E-state index is 12.4. The fraction of sp³-hybridized carbons (Fsp3) is 0.259. The Morgan fingerprint density at radius 3 is 1.60 bits per heavy atom. The average molecular weight is 477 g/mol. The first kappa shape index (κ1) is 25.7. The first-order valence-electron chi connectivity index (χ1n) is 11.3. The Labute approximate surface area is 206 Å². The van der Waals surface area contributed by atoms with Gasteiger partial charge >= 0.3 is 12.1 Å². The second kappa shape index (κ2) is 13.1. The van der Waals surface area contributed by atoms with Crippen molar-refractivity contribution in [1.82, 2.24) is 10.6 Å². The summed E-state index contributed by atoms with van der Waals surface area (Å²) in [5.74, 6) is 0. The minimum atomic E-state index is -0.331. The van der Waals surface area contributed by atoms with Crippen LogP contribution in [0.25, 0.3) is 0 Å². The Bertz CT molecular complexity index is 1120. The zero-order valence-corrected chi connectivity index (χ0v) is 20.3. The van der Waals surface area contributed by atoms with Crippen molar-refractivity contribution in [3.63, 3.8) is 0 Å². The molecule has 0 saturated carbocycles. The van der Waals surface area contributed by atoms with Crippen molar-refractivity contribution in [2.75, 3.05) is 24.9 Å². The molecule has 0 aliphatic rings. The number of rotatable bonds is 10. The van der Waals surface area contributed by atoms with Gasteiger partial charge in [0, 0.05) is 38.7 Å². The zero-order valence-electron chi connectivity index (χ0n) is 20.3. The molecule has 3 aromatic carbocycles. The number of benzene rings is 3. The van der Waals surface area contributed by atoms with Gasteiger partial charge in [-0.1, -0.05) is 54.6 Å². The molecule has 0 fully saturated rings. The third kappa shape index (κ3) is 8.44. The molecule has 184 valence electrons. The Hall–Kier alpha value is -3.88. The molecule has 0 spiro atoms. The number of urea groups is 2. The van der Waals surface area contributed by atoms with Crippen molar-refractivity contribution in [1.29, 1.82) is 0 Å². The molecular formula is C27H32N4O4. The largest absolute Gasteiger partial charge is 0.380 e. The Kier molecular flexibility index (Phi) is 9.65. The Morgan fingerprint density at radius 1 is 0.657 bits per heavy atom. The standard InChI is InChI=1S/C27H32N4O4/c1-19-4-13-24(30-26(32)28-15-20-5-9-22(10-6-20)17-34-2)14-25(19)31-27(33)29-16-21-7-11-23(12-8-21)18-35-3/h4-14H,15-18H2,1-3H3,(H2,28,30,32)(H2,29,31,33). The van der Waals surface area contributed by atoms with E-state index in [2.05, 4.69) is 21.3 Å². The van der Waals surface area contributed by atoms with Crippen molar-refractivity contribution in [3.05, 3.63) is 94.5 Å². The molecule has 0 aliphatic heterocycles. The number of ether oxygens (including phenoxy) is 2. The van der Waals surface area contributed by atoms with Crippen molar-refractivity contribution >= 4 is 23.4 Å². The van der Waals surface area contributed by atoms with Gasteiger partial charge in [0.1, 0.15) is 0 Å². The van der Waals surface area contributed by atoms with E-state index in [1.165, 1.54) is 0 Å². The van der Waals surface area contributed by atoms with Gasteiger partial charge in [0.25, 0.3) is 0 Å². The highest BCUT2D eigenvalue weighted by Gasteiger charge is 2.08. The molecule has 3 rings (SSSR count). The van der Waals surface area contributed by atoms with Crippen LogP contribution in [0.5, 0.6) is 0 Å². The third-order valence-corrected chi connectivity index (χ3v) is 5.32. The van der Waals surface area contributed by atoms with E-state index in [4.69, 9.17) is 9.47 Å². The molecule has 4 N–H and O–H groups in total. The predicted octanol–water partition coefficient (Wildman–Crippen LogP) is 4.93. The van der Waals surface area contributed by atoms with E-state index in [0.717, 1.165) is 27.8 Å². The van der Waals surface area contributed by atoms with Crippen molar-refractivity contribution in [2.24, 2.45) is 0 Å². The van der Waals surface area contributed by atoms with Crippen molar-refractivity contribution in [3.8, 4) is 0 Å². The highest BCUT2D eigenvalue weighted by atomic mass is 16.5. The van der Waals surface area contributed by atoms with Crippen LogP contribution in [-0.2, 0) is 35.8 Å². The lowest BCUT2D eigenvalue weighted by Crippen LogP contribution is -2.29. The van der Waals surface area contributed by atoms with Crippen LogP contribution in [0.15, 0.2) is 66.7 Å². The van der Waals surface area contributed by atoms with E-state index in [0.29, 0.717) is 37.7 Å². The minimum absolute atomic E-state index is 0.326. The molecule has 0 aromatic heterocycles. The molecule has 0 aliphatic carbocycles. The van der Waals surface area contributed by atoms with E-state index < -0.39 is 0 Å². The predicted molar refractivity (Wildman–Crippen MR) is 137 cm³/mol. The lowest BCUT2D eigenvalue weighted by atomic mass is 10.1. The van der Waals surface area contributed by atoms with Gasteiger partial charge in [-0.15, -0.1) is 0 Å². The highest BCUT2D eigenvalue weighted by Crippen LogP contribution is 2.20.